The fourth-order valence-electron chi connectivity index (χ4n) is 3.67. The molecule has 1 saturated carbocycles. The summed E-state index contributed by atoms with van der Waals surface area (Å²) in [5.41, 5.74) is 0. The van der Waals surface area contributed by atoms with Crippen LogP contribution in [-0.4, -0.2) is 19.2 Å². The summed E-state index contributed by atoms with van der Waals surface area (Å²) in [6, 6.07) is 0.491. The van der Waals surface area contributed by atoms with Crippen LogP contribution in [0.3, 0.4) is 0 Å². The summed E-state index contributed by atoms with van der Waals surface area (Å²) in [6.07, 6.45) is 13.0. The van der Waals surface area contributed by atoms with Crippen molar-refractivity contribution in [1.29, 1.82) is 0 Å². The van der Waals surface area contributed by atoms with Crippen molar-refractivity contribution < 1.29 is 4.74 Å². The first-order valence-electron chi connectivity index (χ1n) is 8.41. The number of hydrogen-bond acceptors (Lipinski definition) is 2. The predicted molar refractivity (Wildman–Crippen MR) is 81.1 cm³/mol. The fourth-order valence-corrected chi connectivity index (χ4v) is 3.67. The molecule has 2 nitrogen and oxygen atoms in total. The summed E-state index contributed by atoms with van der Waals surface area (Å²) in [6.45, 7) is 6.56. The molecule has 0 amide bonds. The molecule has 1 unspecified atom stereocenters. The van der Waals surface area contributed by atoms with Gasteiger partial charge in [-0.2, -0.15) is 0 Å². The highest BCUT2D eigenvalue weighted by atomic mass is 16.5. The summed E-state index contributed by atoms with van der Waals surface area (Å²) in [5.74, 6) is 3.03. The van der Waals surface area contributed by atoms with Crippen molar-refractivity contribution in [2.75, 3.05) is 13.2 Å². The predicted octanol–water partition coefficient (Wildman–Crippen LogP) is 4.27. The third-order valence-electron chi connectivity index (χ3n) is 4.71. The second-order valence-corrected chi connectivity index (χ2v) is 6.24. The fraction of sp³-hybridized carbons (Fsp3) is 0.882. The number of nitrogens with one attached hydrogen (secondary N) is 1. The molecule has 0 aromatic rings. The first-order valence-corrected chi connectivity index (χ1v) is 8.41. The molecule has 1 N–H and O–H groups in total. The highest BCUT2D eigenvalue weighted by Crippen LogP contribution is 2.35. The van der Waals surface area contributed by atoms with E-state index in [1.165, 1.54) is 50.7 Å². The van der Waals surface area contributed by atoms with Gasteiger partial charge < -0.3 is 10.1 Å². The molecule has 1 aliphatic heterocycles. The lowest BCUT2D eigenvalue weighted by Gasteiger charge is -2.34. The van der Waals surface area contributed by atoms with Crippen molar-refractivity contribution in [2.45, 2.75) is 71.3 Å². The highest BCUT2D eigenvalue weighted by Gasteiger charge is 2.30. The lowest BCUT2D eigenvalue weighted by Crippen LogP contribution is -2.40. The summed E-state index contributed by atoms with van der Waals surface area (Å²) in [4.78, 5) is 0. The van der Waals surface area contributed by atoms with Crippen LogP contribution in [0.25, 0.3) is 0 Å². The maximum Gasteiger partial charge on any atom is 0.109 e. The molecule has 19 heavy (non-hydrogen) atoms. The van der Waals surface area contributed by atoms with Crippen molar-refractivity contribution in [3.63, 3.8) is 0 Å². The van der Waals surface area contributed by atoms with Gasteiger partial charge in [-0.1, -0.05) is 39.5 Å². The van der Waals surface area contributed by atoms with Gasteiger partial charge in [-0.3, -0.25) is 0 Å². The van der Waals surface area contributed by atoms with E-state index in [2.05, 4.69) is 25.2 Å². The van der Waals surface area contributed by atoms with E-state index in [-0.39, 0.29) is 0 Å². The average Bonchev–Trinajstić information content (AvgIpc) is 2.95. The van der Waals surface area contributed by atoms with Gasteiger partial charge in [0.2, 0.25) is 0 Å². The van der Waals surface area contributed by atoms with Crippen molar-refractivity contribution >= 4 is 0 Å². The Morgan fingerprint density at radius 1 is 1.21 bits per heavy atom. The van der Waals surface area contributed by atoms with Gasteiger partial charge in [-0.05, 0) is 43.7 Å². The van der Waals surface area contributed by atoms with Crippen LogP contribution in [0.1, 0.15) is 65.2 Å². The smallest absolute Gasteiger partial charge is 0.109 e. The zero-order valence-corrected chi connectivity index (χ0v) is 12.8. The highest BCUT2D eigenvalue weighted by molar-refractivity contribution is 5.09. The van der Waals surface area contributed by atoms with Gasteiger partial charge in [0.1, 0.15) is 5.76 Å². The average molecular weight is 265 g/mol. The normalized spacial score (nSPS) is 28.8. The first-order chi connectivity index (χ1) is 9.35. The molecule has 1 fully saturated rings. The quantitative estimate of drug-likeness (QED) is 0.742. The van der Waals surface area contributed by atoms with Crippen molar-refractivity contribution in [3.8, 4) is 0 Å². The van der Waals surface area contributed by atoms with Crippen LogP contribution < -0.4 is 5.32 Å². The number of hydrogen-bond donors (Lipinski definition) is 1. The zero-order chi connectivity index (χ0) is 13.5. The van der Waals surface area contributed by atoms with E-state index in [1.807, 2.05) is 0 Å². The molecule has 0 aromatic heterocycles. The van der Waals surface area contributed by atoms with Gasteiger partial charge in [-0.15, -0.1) is 0 Å². The Hall–Kier alpha value is -0.500. The number of ether oxygens (including phenoxy) is 1. The lowest BCUT2D eigenvalue weighted by molar-refractivity contribution is 0.160. The van der Waals surface area contributed by atoms with Crippen LogP contribution in [0.4, 0.5) is 0 Å². The molecular weight excluding hydrogens is 234 g/mol. The van der Waals surface area contributed by atoms with Crippen LogP contribution in [0.5, 0.6) is 0 Å². The lowest BCUT2D eigenvalue weighted by atomic mass is 9.76. The van der Waals surface area contributed by atoms with E-state index in [4.69, 9.17) is 4.74 Å². The monoisotopic (exact) mass is 265 g/mol. The maximum absolute atomic E-state index is 5.84. The SMILES string of the molecule is CCCNC(C1=CCCO1)C1CCC(CCC)CC1. The largest absolute Gasteiger partial charge is 0.496 e. The minimum absolute atomic E-state index is 0.491. The molecule has 1 heterocycles. The third-order valence-corrected chi connectivity index (χ3v) is 4.71. The molecule has 1 atom stereocenters. The van der Waals surface area contributed by atoms with Gasteiger partial charge in [0.25, 0.3) is 0 Å². The molecule has 0 aromatic carbocycles. The zero-order valence-electron chi connectivity index (χ0n) is 12.8. The Morgan fingerprint density at radius 2 is 2.00 bits per heavy atom. The Balaban J connectivity index is 1.88. The topological polar surface area (TPSA) is 21.3 Å². The molecule has 2 aliphatic rings. The molecule has 1 aliphatic carbocycles. The van der Waals surface area contributed by atoms with Gasteiger partial charge >= 0.3 is 0 Å². The Labute approximate surface area is 119 Å². The van der Waals surface area contributed by atoms with Crippen LogP contribution in [-0.2, 0) is 4.74 Å². The molecule has 2 rings (SSSR count). The molecule has 110 valence electrons. The Kier molecular flexibility index (Phi) is 6.22. The molecular formula is C17H31NO. The number of rotatable bonds is 7. The molecule has 2 heteroatoms. The van der Waals surface area contributed by atoms with Crippen LogP contribution in [0.2, 0.25) is 0 Å². The van der Waals surface area contributed by atoms with E-state index in [9.17, 15) is 0 Å². The van der Waals surface area contributed by atoms with Crippen molar-refractivity contribution in [2.24, 2.45) is 11.8 Å². The van der Waals surface area contributed by atoms with E-state index < -0.39 is 0 Å². The minimum atomic E-state index is 0.491. The maximum atomic E-state index is 5.84. The molecule has 0 spiro atoms. The third kappa shape index (κ3) is 4.24. The second kappa shape index (κ2) is 7.94. The van der Waals surface area contributed by atoms with Crippen molar-refractivity contribution in [1.82, 2.24) is 5.32 Å². The van der Waals surface area contributed by atoms with E-state index >= 15 is 0 Å². The van der Waals surface area contributed by atoms with Crippen LogP contribution in [0.15, 0.2) is 11.8 Å². The summed E-state index contributed by atoms with van der Waals surface area (Å²) in [7, 11) is 0. The van der Waals surface area contributed by atoms with Gasteiger partial charge in [0.05, 0.1) is 12.6 Å². The van der Waals surface area contributed by atoms with Crippen molar-refractivity contribution in [3.05, 3.63) is 11.8 Å². The van der Waals surface area contributed by atoms with E-state index in [1.54, 1.807) is 0 Å². The van der Waals surface area contributed by atoms with Crippen LogP contribution >= 0.6 is 0 Å². The van der Waals surface area contributed by atoms with Gasteiger partial charge in [0.15, 0.2) is 0 Å². The summed E-state index contributed by atoms with van der Waals surface area (Å²) >= 11 is 0. The van der Waals surface area contributed by atoms with Crippen LogP contribution in [0, 0.1) is 11.8 Å². The Morgan fingerprint density at radius 3 is 2.58 bits per heavy atom. The molecule has 0 radical (unpaired) electrons. The standard InChI is InChI=1S/C17H31NO/c1-3-6-14-8-10-15(11-9-14)17(18-12-4-2)16-7-5-13-19-16/h7,14-15,17-18H,3-6,8-13H2,1-2H3. The van der Waals surface area contributed by atoms with E-state index in [0.717, 1.165) is 31.4 Å². The van der Waals surface area contributed by atoms with Gasteiger partial charge in [-0.25, -0.2) is 0 Å². The first kappa shape index (κ1) is 14.9. The summed E-state index contributed by atoms with van der Waals surface area (Å²) in [5, 5.41) is 3.73. The minimum Gasteiger partial charge on any atom is -0.496 e. The Bertz CT molecular complexity index is 279. The van der Waals surface area contributed by atoms with Gasteiger partial charge in [0, 0.05) is 6.42 Å². The molecule has 0 saturated heterocycles. The second-order valence-electron chi connectivity index (χ2n) is 6.24. The summed E-state index contributed by atoms with van der Waals surface area (Å²) < 4.78 is 5.84. The molecule has 0 bridgehead atoms. The van der Waals surface area contributed by atoms with E-state index in [0.29, 0.717) is 6.04 Å².